The highest BCUT2D eigenvalue weighted by atomic mass is 32.2. The molecule has 0 saturated carbocycles. The Balaban J connectivity index is 2.96. The van der Waals surface area contributed by atoms with Gasteiger partial charge in [0.05, 0.1) is 11.7 Å². The molecule has 1 rings (SSSR count). The molecule has 1 aromatic carbocycles. The van der Waals surface area contributed by atoms with Gasteiger partial charge in [-0.15, -0.1) is 11.8 Å². The van der Waals surface area contributed by atoms with E-state index in [0.717, 1.165) is 4.90 Å². The summed E-state index contributed by atoms with van der Waals surface area (Å²) < 4.78 is 18.2. The summed E-state index contributed by atoms with van der Waals surface area (Å²) >= 11 is 1.45. The maximum absolute atomic E-state index is 13.3. The highest BCUT2D eigenvalue weighted by molar-refractivity contribution is 7.98. The lowest BCUT2D eigenvalue weighted by Gasteiger charge is -2.09. The average Bonchev–Trinajstić information content (AvgIpc) is 2.17. The molecule has 0 fully saturated rings. The van der Waals surface area contributed by atoms with Crippen LogP contribution in [0, 0.1) is 5.82 Å². The summed E-state index contributed by atoms with van der Waals surface area (Å²) in [6, 6.07) is 4.42. The number of carbonyl (C=O) groups excluding carboxylic acids is 1. The second-order valence-electron chi connectivity index (χ2n) is 3.30. The summed E-state index contributed by atoms with van der Waals surface area (Å²) in [5.41, 5.74) is -0.00412. The first kappa shape index (κ1) is 12.0. The molecule has 82 valence electrons. The molecule has 0 spiro atoms. The molecular weight excluding hydrogens is 215 g/mol. The maximum Gasteiger partial charge on any atom is 0.341 e. The van der Waals surface area contributed by atoms with Crippen molar-refractivity contribution in [3.05, 3.63) is 29.6 Å². The van der Waals surface area contributed by atoms with Crippen molar-refractivity contribution in [3.8, 4) is 0 Å². The molecule has 0 aliphatic rings. The number of carbonyl (C=O) groups is 1. The van der Waals surface area contributed by atoms with Crippen LogP contribution in [0.25, 0.3) is 0 Å². The molecule has 0 heterocycles. The van der Waals surface area contributed by atoms with Gasteiger partial charge in [-0.3, -0.25) is 0 Å². The predicted molar refractivity (Wildman–Crippen MR) is 58.7 cm³/mol. The van der Waals surface area contributed by atoms with E-state index in [-0.39, 0.29) is 11.7 Å². The molecule has 0 N–H and O–H groups in total. The van der Waals surface area contributed by atoms with E-state index in [4.69, 9.17) is 4.74 Å². The van der Waals surface area contributed by atoms with Crippen LogP contribution >= 0.6 is 11.8 Å². The third-order valence-electron chi connectivity index (χ3n) is 1.74. The highest BCUT2D eigenvalue weighted by Crippen LogP contribution is 2.19. The molecular formula is C11H13FO2S. The normalized spacial score (nSPS) is 10.5. The first-order valence-corrected chi connectivity index (χ1v) is 5.81. The molecule has 0 bridgehead atoms. The third-order valence-corrected chi connectivity index (χ3v) is 2.46. The van der Waals surface area contributed by atoms with Gasteiger partial charge >= 0.3 is 5.97 Å². The fourth-order valence-corrected chi connectivity index (χ4v) is 1.51. The van der Waals surface area contributed by atoms with Crippen LogP contribution in [0.2, 0.25) is 0 Å². The Morgan fingerprint density at radius 1 is 1.47 bits per heavy atom. The van der Waals surface area contributed by atoms with Crippen molar-refractivity contribution < 1.29 is 13.9 Å². The summed E-state index contributed by atoms with van der Waals surface area (Å²) in [7, 11) is 0. The fraction of sp³-hybridized carbons (Fsp3) is 0.364. The van der Waals surface area contributed by atoms with Crippen molar-refractivity contribution in [3.63, 3.8) is 0 Å². The van der Waals surface area contributed by atoms with Gasteiger partial charge in [0, 0.05) is 4.90 Å². The lowest BCUT2D eigenvalue weighted by molar-refractivity contribution is 0.0372. The number of esters is 1. The molecule has 4 heteroatoms. The molecule has 0 atom stereocenters. The second kappa shape index (κ2) is 5.16. The number of halogens is 1. The Hall–Kier alpha value is -1.03. The van der Waals surface area contributed by atoms with Gasteiger partial charge in [0.25, 0.3) is 0 Å². The van der Waals surface area contributed by atoms with E-state index in [1.54, 1.807) is 19.9 Å². The van der Waals surface area contributed by atoms with Gasteiger partial charge in [0.2, 0.25) is 0 Å². The van der Waals surface area contributed by atoms with Crippen molar-refractivity contribution in [1.82, 2.24) is 0 Å². The summed E-state index contributed by atoms with van der Waals surface area (Å²) in [4.78, 5) is 12.3. The van der Waals surface area contributed by atoms with Crippen LogP contribution in [0.4, 0.5) is 4.39 Å². The Morgan fingerprint density at radius 2 is 2.13 bits per heavy atom. The monoisotopic (exact) mass is 228 g/mol. The van der Waals surface area contributed by atoms with E-state index in [2.05, 4.69) is 0 Å². The maximum atomic E-state index is 13.3. The smallest absolute Gasteiger partial charge is 0.341 e. The van der Waals surface area contributed by atoms with Crippen LogP contribution < -0.4 is 0 Å². The highest BCUT2D eigenvalue weighted by Gasteiger charge is 2.14. The number of thioether (sulfide) groups is 1. The number of ether oxygens (including phenoxy) is 1. The molecule has 2 nitrogen and oxygen atoms in total. The Bertz CT molecular complexity index is 364. The van der Waals surface area contributed by atoms with Crippen molar-refractivity contribution in [1.29, 1.82) is 0 Å². The van der Waals surface area contributed by atoms with Crippen LogP contribution in [0.1, 0.15) is 24.2 Å². The first-order valence-electron chi connectivity index (χ1n) is 4.59. The largest absolute Gasteiger partial charge is 0.459 e. The summed E-state index contributed by atoms with van der Waals surface area (Å²) in [5.74, 6) is -1.16. The van der Waals surface area contributed by atoms with Crippen LogP contribution in [0.3, 0.4) is 0 Å². The molecule has 1 aromatic rings. The van der Waals surface area contributed by atoms with Gasteiger partial charge < -0.3 is 4.74 Å². The van der Waals surface area contributed by atoms with E-state index in [1.807, 2.05) is 6.26 Å². The SMILES string of the molecule is CSc1ccc(F)c(C(=O)OC(C)C)c1. The van der Waals surface area contributed by atoms with Gasteiger partial charge in [-0.1, -0.05) is 0 Å². The third kappa shape index (κ3) is 3.23. The molecule has 0 aliphatic carbocycles. The average molecular weight is 228 g/mol. The number of benzene rings is 1. The number of hydrogen-bond donors (Lipinski definition) is 0. The quantitative estimate of drug-likeness (QED) is 0.587. The predicted octanol–water partition coefficient (Wildman–Crippen LogP) is 3.11. The van der Waals surface area contributed by atoms with Crippen molar-refractivity contribution in [2.45, 2.75) is 24.8 Å². The molecule has 0 radical (unpaired) electrons. The van der Waals surface area contributed by atoms with Gasteiger partial charge in [-0.25, -0.2) is 9.18 Å². The van der Waals surface area contributed by atoms with Crippen LogP contribution in [-0.4, -0.2) is 18.3 Å². The molecule has 15 heavy (non-hydrogen) atoms. The van der Waals surface area contributed by atoms with E-state index < -0.39 is 11.8 Å². The zero-order chi connectivity index (χ0) is 11.4. The van der Waals surface area contributed by atoms with Crippen molar-refractivity contribution in [2.75, 3.05) is 6.26 Å². The lowest BCUT2D eigenvalue weighted by Crippen LogP contribution is -2.13. The van der Waals surface area contributed by atoms with Gasteiger partial charge in [0.1, 0.15) is 5.82 Å². The standard InChI is InChI=1S/C11H13FO2S/c1-7(2)14-11(13)9-6-8(15-3)4-5-10(9)12/h4-7H,1-3H3. The molecule has 0 aromatic heterocycles. The van der Waals surface area contributed by atoms with Crippen LogP contribution in [0.15, 0.2) is 23.1 Å². The minimum absolute atomic E-state index is 0.00412. The summed E-state index contributed by atoms with van der Waals surface area (Å²) in [6.07, 6.45) is 1.62. The second-order valence-corrected chi connectivity index (χ2v) is 4.18. The molecule has 0 amide bonds. The topological polar surface area (TPSA) is 26.3 Å². The Labute approximate surface area is 92.8 Å². The minimum Gasteiger partial charge on any atom is -0.459 e. The molecule has 0 saturated heterocycles. The van der Waals surface area contributed by atoms with Gasteiger partial charge in [-0.2, -0.15) is 0 Å². The minimum atomic E-state index is -0.613. The van der Waals surface area contributed by atoms with E-state index in [1.165, 1.54) is 23.9 Å². The van der Waals surface area contributed by atoms with Crippen molar-refractivity contribution >= 4 is 17.7 Å². The van der Waals surface area contributed by atoms with Gasteiger partial charge in [-0.05, 0) is 38.3 Å². The molecule has 0 aliphatic heterocycles. The van der Waals surface area contributed by atoms with Gasteiger partial charge in [0.15, 0.2) is 0 Å². The lowest BCUT2D eigenvalue weighted by atomic mass is 10.2. The zero-order valence-corrected chi connectivity index (χ0v) is 9.73. The Kier molecular flexibility index (Phi) is 4.15. The summed E-state index contributed by atoms with van der Waals surface area (Å²) in [6.45, 7) is 3.46. The number of hydrogen-bond acceptors (Lipinski definition) is 3. The van der Waals surface area contributed by atoms with E-state index >= 15 is 0 Å². The Morgan fingerprint density at radius 3 is 2.67 bits per heavy atom. The first-order chi connectivity index (χ1) is 7.04. The molecule has 0 unspecified atom stereocenters. The zero-order valence-electron chi connectivity index (χ0n) is 8.91. The van der Waals surface area contributed by atoms with Crippen molar-refractivity contribution in [2.24, 2.45) is 0 Å². The van der Waals surface area contributed by atoms with Crippen LogP contribution in [0.5, 0.6) is 0 Å². The fourth-order valence-electron chi connectivity index (χ4n) is 1.07. The summed E-state index contributed by atoms with van der Waals surface area (Å²) in [5, 5.41) is 0. The van der Waals surface area contributed by atoms with E-state index in [9.17, 15) is 9.18 Å². The number of rotatable bonds is 3. The van der Waals surface area contributed by atoms with E-state index in [0.29, 0.717) is 0 Å². The van der Waals surface area contributed by atoms with Crippen LogP contribution in [-0.2, 0) is 4.74 Å².